The van der Waals surface area contributed by atoms with Crippen LogP contribution in [0.15, 0.2) is 131 Å². The van der Waals surface area contributed by atoms with Crippen molar-refractivity contribution in [2.45, 2.75) is 6.10 Å². The molecule has 1 aliphatic heterocycles. The first-order valence-electron chi connectivity index (χ1n) is 17.2. The summed E-state index contributed by atoms with van der Waals surface area (Å²) in [6.07, 6.45) is 8.56. The van der Waals surface area contributed by atoms with Crippen molar-refractivity contribution in [1.82, 2.24) is 9.97 Å². The van der Waals surface area contributed by atoms with Crippen molar-refractivity contribution < 1.29 is 22.8 Å². The topological polar surface area (TPSA) is 238 Å². The van der Waals surface area contributed by atoms with Crippen LogP contribution in [0.3, 0.4) is 0 Å². The molecule has 4 aromatic heterocycles. The number of fused-ring (bicyclic) bond motifs is 4. The number of hydrogen-bond acceptors (Lipinski definition) is 14. The number of nitriles is 4. The van der Waals surface area contributed by atoms with Crippen LogP contribution in [0.25, 0.3) is 72.3 Å². The maximum absolute atomic E-state index is 13.4. The normalized spacial score (nSPS) is 15.7. The Labute approximate surface area is 323 Å². The van der Waals surface area contributed by atoms with Crippen LogP contribution in [-0.4, -0.2) is 21.9 Å². The summed E-state index contributed by atoms with van der Waals surface area (Å²) in [7, 11) is 0. The van der Waals surface area contributed by atoms with Gasteiger partial charge in [0.05, 0.1) is 44.9 Å². The van der Waals surface area contributed by atoms with Gasteiger partial charge >= 0.3 is 0 Å². The number of nitrogens with zero attached hydrogens (tertiary/aromatic N) is 6. The average molecular weight is 759 g/mol. The summed E-state index contributed by atoms with van der Waals surface area (Å²) in [6.45, 7) is 0. The minimum absolute atomic E-state index is 0.0706. The molecule has 2 aliphatic rings. The number of ether oxygens (including phenoxy) is 1. The highest BCUT2D eigenvalue weighted by Gasteiger charge is 2.35. The summed E-state index contributed by atoms with van der Waals surface area (Å²) in [5.41, 5.74) is 0.112. The molecule has 0 saturated heterocycles. The Morgan fingerprint density at radius 2 is 0.983 bits per heavy atom. The van der Waals surface area contributed by atoms with E-state index >= 15 is 0 Å². The predicted molar refractivity (Wildman–Crippen MR) is 205 cm³/mol. The first-order valence-corrected chi connectivity index (χ1v) is 17.2. The van der Waals surface area contributed by atoms with E-state index in [1.165, 1.54) is 36.4 Å². The molecule has 2 atom stereocenters. The number of allylic oxidation sites excluding steroid dienone is 3. The predicted octanol–water partition coefficient (Wildman–Crippen LogP) is 6.36. The fourth-order valence-electron chi connectivity index (χ4n) is 6.95. The third-order valence-corrected chi connectivity index (χ3v) is 9.88. The van der Waals surface area contributed by atoms with Gasteiger partial charge in [0.15, 0.2) is 5.78 Å². The monoisotopic (exact) mass is 758 g/mol. The molecule has 9 rings (SSSR count). The highest BCUT2D eigenvalue weighted by atomic mass is 16.5. The fourth-order valence-corrected chi connectivity index (χ4v) is 6.95. The van der Waals surface area contributed by atoms with Crippen molar-refractivity contribution in [3.63, 3.8) is 0 Å². The molecule has 2 unspecified atom stereocenters. The van der Waals surface area contributed by atoms with E-state index in [2.05, 4.69) is 0 Å². The molecular weight excluding hydrogens is 741 g/mol. The van der Waals surface area contributed by atoms with Gasteiger partial charge in [-0.1, -0.05) is 12.2 Å². The largest absolute Gasteiger partial charge is 0.491 e. The molecule has 7 aromatic rings. The van der Waals surface area contributed by atoms with E-state index < -0.39 is 34.1 Å². The van der Waals surface area contributed by atoms with Gasteiger partial charge in [0, 0.05) is 16.7 Å². The molecule has 0 N–H and O–H groups in total. The van der Waals surface area contributed by atoms with Crippen LogP contribution in [-0.2, 0) is 9.53 Å². The Morgan fingerprint density at radius 3 is 1.41 bits per heavy atom. The number of carbonyl (C=O) groups excluding carboxylic acids is 1. The fraction of sp³-hybridized carbons (Fsp3) is 0.0455. The number of ketones is 1. The average Bonchev–Trinajstić information content (AvgIpc) is 3.26. The lowest BCUT2D eigenvalue weighted by molar-refractivity contribution is -0.121. The second kappa shape index (κ2) is 13.4. The third-order valence-electron chi connectivity index (χ3n) is 9.88. The smallest absolute Gasteiger partial charge is 0.210 e. The van der Waals surface area contributed by atoms with E-state index in [9.17, 15) is 40.2 Å². The van der Waals surface area contributed by atoms with Crippen LogP contribution in [0, 0.1) is 51.2 Å². The number of aromatic nitrogens is 2. The van der Waals surface area contributed by atoms with Crippen LogP contribution >= 0.6 is 0 Å². The third kappa shape index (κ3) is 5.46. The van der Waals surface area contributed by atoms with Gasteiger partial charge in [0.2, 0.25) is 16.3 Å². The Kier molecular flexibility index (Phi) is 8.03. The molecule has 0 radical (unpaired) electrons. The molecule has 5 heterocycles. The van der Waals surface area contributed by atoms with Crippen molar-refractivity contribution in [1.29, 1.82) is 21.0 Å². The van der Waals surface area contributed by atoms with Crippen molar-refractivity contribution in [3.05, 3.63) is 157 Å². The summed E-state index contributed by atoms with van der Waals surface area (Å²) in [5, 5.41) is 38.5. The van der Waals surface area contributed by atoms with Crippen LogP contribution in [0.4, 0.5) is 0 Å². The van der Waals surface area contributed by atoms with E-state index in [1.54, 1.807) is 36.4 Å². The van der Waals surface area contributed by atoms with Gasteiger partial charge in [-0.2, -0.15) is 21.0 Å². The Balaban J connectivity index is 1.38. The van der Waals surface area contributed by atoms with E-state index in [-0.39, 0.29) is 77.9 Å². The van der Waals surface area contributed by atoms with Gasteiger partial charge in [0.1, 0.15) is 94.4 Å². The van der Waals surface area contributed by atoms with Crippen molar-refractivity contribution in [2.24, 2.45) is 5.92 Å². The molecule has 3 aromatic carbocycles. The summed E-state index contributed by atoms with van der Waals surface area (Å²) in [4.78, 5) is 63.8. The Morgan fingerprint density at radius 1 is 0.552 bits per heavy atom. The molecule has 0 saturated carbocycles. The summed E-state index contributed by atoms with van der Waals surface area (Å²) in [6, 6.07) is 21.3. The molecule has 0 amide bonds. The van der Waals surface area contributed by atoms with Gasteiger partial charge in [-0.3, -0.25) is 19.2 Å². The number of carbonyl (C=O) groups is 1. The number of benzene rings is 3. The molecule has 58 heavy (non-hydrogen) atoms. The lowest BCUT2D eigenvalue weighted by atomic mass is 9.84. The second-order valence-electron chi connectivity index (χ2n) is 13.1. The SMILES string of the molecule is N#CC1=COC2C=CC(c3nc(-c4ccc5occ(C#N)c(=O)c5c4)c(-c4ccc5occ(C#N)c(=O)c5c4)nc3-c3ccc4occ(C#N)c(=O)c4c3)=CC2C1=O. The minimum Gasteiger partial charge on any atom is -0.491 e. The van der Waals surface area contributed by atoms with Crippen LogP contribution in [0.5, 0.6) is 0 Å². The highest BCUT2D eigenvalue weighted by molar-refractivity contribution is 6.04. The zero-order chi connectivity index (χ0) is 40.2. The molecule has 272 valence electrons. The van der Waals surface area contributed by atoms with Crippen molar-refractivity contribution >= 4 is 44.3 Å². The number of rotatable bonds is 4. The van der Waals surface area contributed by atoms with E-state index in [1.807, 2.05) is 24.3 Å². The lowest BCUT2D eigenvalue weighted by Gasteiger charge is -2.28. The quantitative estimate of drug-likeness (QED) is 0.190. The minimum atomic E-state index is -0.914. The van der Waals surface area contributed by atoms with E-state index in [0.717, 1.165) is 25.1 Å². The van der Waals surface area contributed by atoms with Gasteiger partial charge < -0.3 is 18.0 Å². The summed E-state index contributed by atoms with van der Waals surface area (Å²) in [5.74, 6) is -1.39. The Bertz CT molecular complexity index is 3490. The highest BCUT2D eigenvalue weighted by Crippen LogP contribution is 2.40. The molecule has 14 nitrogen and oxygen atoms in total. The standard InChI is InChI=1S/C44H18N6O8/c45-13-25-17-55-33-5-1-21(9-29(33)41(25)51)37-38(22-2-6-34-30(10-22)42(52)26(14-46)18-56-34)50-40(24-4-8-36-32(12-24)44(54)28(16-48)20-58-36)39(49-37)23-3-7-35-31(11-23)43(53)27(15-47)19-57-35/h1-12,17-20,29,33H. The molecule has 0 fully saturated rings. The van der Waals surface area contributed by atoms with Gasteiger partial charge in [0.25, 0.3) is 0 Å². The maximum Gasteiger partial charge on any atom is 0.210 e. The second-order valence-corrected chi connectivity index (χ2v) is 13.1. The van der Waals surface area contributed by atoms with Gasteiger partial charge in [-0.05, 0) is 66.2 Å². The summed E-state index contributed by atoms with van der Waals surface area (Å²) >= 11 is 0. The molecule has 0 bridgehead atoms. The zero-order valence-corrected chi connectivity index (χ0v) is 29.3. The first-order chi connectivity index (χ1) is 28.2. The van der Waals surface area contributed by atoms with Gasteiger partial charge in [-0.25, -0.2) is 9.97 Å². The van der Waals surface area contributed by atoms with E-state index in [0.29, 0.717) is 22.3 Å². The van der Waals surface area contributed by atoms with Crippen LogP contribution in [0.2, 0.25) is 0 Å². The Hall–Kier alpha value is -8.98. The van der Waals surface area contributed by atoms with E-state index in [4.69, 9.17) is 28.0 Å². The molecule has 14 heteroatoms. The van der Waals surface area contributed by atoms with Crippen molar-refractivity contribution in [2.75, 3.05) is 0 Å². The van der Waals surface area contributed by atoms with Gasteiger partial charge in [-0.15, -0.1) is 0 Å². The number of hydrogen-bond donors (Lipinski definition) is 0. The number of Topliss-reactive ketones (excluding diaryl/α,β-unsaturated/α-hetero) is 1. The molecular formula is C44H18N6O8. The summed E-state index contributed by atoms with van der Waals surface area (Å²) < 4.78 is 22.4. The maximum atomic E-state index is 13.4. The van der Waals surface area contributed by atoms with Crippen LogP contribution < -0.4 is 16.3 Å². The van der Waals surface area contributed by atoms with Crippen molar-refractivity contribution in [3.8, 4) is 58.0 Å². The molecule has 0 spiro atoms. The lowest BCUT2D eigenvalue weighted by Crippen LogP contribution is -2.33. The van der Waals surface area contributed by atoms with Crippen LogP contribution in [0.1, 0.15) is 22.4 Å². The molecule has 1 aliphatic carbocycles. The first kappa shape index (κ1) is 34.8. The zero-order valence-electron chi connectivity index (χ0n) is 29.3.